The van der Waals surface area contributed by atoms with E-state index in [2.05, 4.69) is 0 Å². The van der Waals surface area contributed by atoms with E-state index in [9.17, 15) is 9.90 Å². The van der Waals surface area contributed by atoms with Gasteiger partial charge in [-0.25, -0.2) is 0 Å². The molecule has 0 amide bonds. The second-order valence-corrected chi connectivity index (χ2v) is 3.64. The molecule has 0 radical (unpaired) electrons. The molecule has 0 aromatic heterocycles. The predicted molar refractivity (Wildman–Crippen MR) is 62.5 cm³/mol. The van der Waals surface area contributed by atoms with E-state index in [4.69, 9.17) is 5.11 Å². The van der Waals surface area contributed by atoms with Crippen molar-refractivity contribution in [2.45, 2.75) is 25.7 Å². The zero-order chi connectivity index (χ0) is 12.0. The highest BCUT2D eigenvalue weighted by Gasteiger charge is 2.12. The normalized spacial score (nSPS) is 12.8. The van der Waals surface area contributed by atoms with Crippen molar-refractivity contribution < 1.29 is 15.0 Å². The van der Waals surface area contributed by atoms with Crippen LogP contribution in [0, 0.1) is 0 Å². The maximum atomic E-state index is 10.7. The van der Waals surface area contributed by atoms with Crippen LogP contribution in [-0.2, 0) is 4.79 Å². The first kappa shape index (κ1) is 12.3. The first-order valence-electron chi connectivity index (χ1n) is 5.31. The molecule has 0 saturated carbocycles. The molecule has 3 heteroatoms. The van der Waals surface area contributed by atoms with Crippen LogP contribution in [0.1, 0.15) is 31.2 Å². The molecule has 0 saturated heterocycles. The summed E-state index contributed by atoms with van der Waals surface area (Å²) < 4.78 is 0. The van der Waals surface area contributed by atoms with Crippen LogP contribution in [0.2, 0.25) is 0 Å². The Morgan fingerprint density at radius 2 is 2.25 bits per heavy atom. The molecule has 0 fully saturated rings. The zero-order valence-electron chi connectivity index (χ0n) is 9.26. The molecular weight excluding hydrogens is 204 g/mol. The van der Waals surface area contributed by atoms with Crippen LogP contribution in [0.15, 0.2) is 36.4 Å². The summed E-state index contributed by atoms with van der Waals surface area (Å²) >= 11 is 0. The van der Waals surface area contributed by atoms with Crippen molar-refractivity contribution in [2.24, 2.45) is 0 Å². The molecule has 0 heterocycles. The molecule has 0 unspecified atom stereocenters. The molecule has 1 atom stereocenters. The Morgan fingerprint density at radius 1 is 1.50 bits per heavy atom. The Hall–Kier alpha value is -1.77. The van der Waals surface area contributed by atoms with Gasteiger partial charge in [0.25, 0.3) is 0 Å². The standard InChI is InChI=1S/C13H16O3/c1-2-3-5-11(9-13(15)16)10-6-4-7-12(14)8-10/h3-8,11,14H,2,9H2,1H3,(H,15,16)/b5-3+/t11-/m1/s1. The van der Waals surface area contributed by atoms with Gasteiger partial charge >= 0.3 is 5.97 Å². The van der Waals surface area contributed by atoms with Crippen LogP contribution in [0.25, 0.3) is 0 Å². The molecule has 1 aromatic rings. The van der Waals surface area contributed by atoms with Crippen LogP contribution in [0.5, 0.6) is 5.75 Å². The number of rotatable bonds is 5. The Kier molecular flexibility index (Phi) is 4.58. The molecule has 3 nitrogen and oxygen atoms in total. The third kappa shape index (κ3) is 3.77. The number of carboxylic acid groups (broad SMARTS) is 1. The van der Waals surface area contributed by atoms with Gasteiger partial charge in [-0.15, -0.1) is 0 Å². The van der Waals surface area contributed by atoms with Crippen molar-refractivity contribution in [2.75, 3.05) is 0 Å². The molecule has 86 valence electrons. The maximum Gasteiger partial charge on any atom is 0.304 e. The molecule has 0 aliphatic rings. The van der Waals surface area contributed by atoms with Gasteiger partial charge in [0.2, 0.25) is 0 Å². The van der Waals surface area contributed by atoms with Crippen LogP contribution in [0.3, 0.4) is 0 Å². The highest BCUT2D eigenvalue weighted by molar-refractivity contribution is 5.68. The molecule has 0 spiro atoms. The first-order valence-corrected chi connectivity index (χ1v) is 5.31. The van der Waals surface area contributed by atoms with Gasteiger partial charge < -0.3 is 10.2 Å². The van der Waals surface area contributed by atoms with Gasteiger partial charge in [-0.3, -0.25) is 4.79 Å². The van der Waals surface area contributed by atoms with Gasteiger partial charge in [-0.1, -0.05) is 31.2 Å². The number of aromatic hydroxyl groups is 1. The lowest BCUT2D eigenvalue weighted by Gasteiger charge is -2.10. The number of carboxylic acids is 1. The summed E-state index contributed by atoms with van der Waals surface area (Å²) in [6.45, 7) is 2.00. The van der Waals surface area contributed by atoms with E-state index in [0.29, 0.717) is 0 Å². The minimum absolute atomic E-state index is 0.0416. The van der Waals surface area contributed by atoms with Crippen molar-refractivity contribution in [1.29, 1.82) is 0 Å². The Labute approximate surface area is 95.0 Å². The topological polar surface area (TPSA) is 57.5 Å². The Bertz CT molecular complexity index is 383. The van der Waals surface area contributed by atoms with Gasteiger partial charge in [0, 0.05) is 5.92 Å². The van der Waals surface area contributed by atoms with Crippen LogP contribution >= 0.6 is 0 Å². The van der Waals surface area contributed by atoms with E-state index in [1.807, 2.05) is 25.1 Å². The van der Waals surface area contributed by atoms with E-state index in [0.717, 1.165) is 12.0 Å². The van der Waals surface area contributed by atoms with E-state index in [-0.39, 0.29) is 18.1 Å². The summed E-state index contributed by atoms with van der Waals surface area (Å²) in [7, 11) is 0. The summed E-state index contributed by atoms with van der Waals surface area (Å²) in [5.41, 5.74) is 0.826. The molecule has 0 aliphatic carbocycles. The molecule has 1 aromatic carbocycles. The summed E-state index contributed by atoms with van der Waals surface area (Å²) in [6, 6.07) is 6.73. The van der Waals surface area contributed by atoms with E-state index in [1.54, 1.807) is 18.2 Å². The number of phenolic OH excluding ortho intramolecular Hbond substituents is 1. The van der Waals surface area contributed by atoms with Gasteiger partial charge in [0.1, 0.15) is 5.75 Å². The van der Waals surface area contributed by atoms with Crippen molar-refractivity contribution in [3.63, 3.8) is 0 Å². The van der Waals surface area contributed by atoms with Gasteiger partial charge in [-0.2, -0.15) is 0 Å². The lowest BCUT2D eigenvalue weighted by atomic mass is 9.95. The SMILES string of the molecule is CC/C=C/[C@H](CC(=O)O)c1cccc(O)c1. The second-order valence-electron chi connectivity index (χ2n) is 3.64. The number of aliphatic carboxylic acids is 1. The monoisotopic (exact) mass is 220 g/mol. The number of hydrogen-bond acceptors (Lipinski definition) is 2. The van der Waals surface area contributed by atoms with Crippen molar-refractivity contribution in [1.82, 2.24) is 0 Å². The molecule has 16 heavy (non-hydrogen) atoms. The highest BCUT2D eigenvalue weighted by Crippen LogP contribution is 2.24. The average molecular weight is 220 g/mol. The third-order valence-corrected chi connectivity index (χ3v) is 2.30. The van der Waals surface area contributed by atoms with Crippen LogP contribution in [0.4, 0.5) is 0 Å². The highest BCUT2D eigenvalue weighted by atomic mass is 16.4. The summed E-state index contributed by atoms with van der Waals surface area (Å²) in [5, 5.41) is 18.2. The Morgan fingerprint density at radius 3 is 2.81 bits per heavy atom. The smallest absolute Gasteiger partial charge is 0.304 e. The quantitative estimate of drug-likeness (QED) is 0.750. The Balaban J connectivity index is 2.91. The van der Waals surface area contributed by atoms with E-state index in [1.165, 1.54) is 0 Å². The van der Waals surface area contributed by atoms with Crippen molar-refractivity contribution >= 4 is 5.97 Å². The second kappa shape index (κ2) is 5.95. The minimum atomic E-state index is -0.839. The number of phenols is 1. The van der Waals surface area contributed by atoms with E-state index < -0.39 is 5.97 Å². The van der Waals surface area contributed by atoms with Crippen molar-refractivity contribution in [3.05, 3.63) is 42.0 Å². The summed E-state index contributed by atoms with van der Waals surface area (Å²) in [6.07, 6.45) is 4.73. The van der Waals surface area contributed by atoms with E-state index >= 15 is 0 Å². The zero-order valence-corrected chi connectivity index (χ0v) is 9.26. The molecule has 0 aliphatic heterocycles. The average Bonchev–Trinajstić information content (AvgIpc) is 2.23. The molecule has 2 N–H and O–H groups in total. The fraction of sp³-hybridized carbons (Fsp3) is 0.308. The fourth-order valence-electron chi connectivity index (χ4n) is 1.54. The lowest BCUT2D eigenvalue weighted by molar-refractivity contribution is -0.137. The maximum absolute atomic E-state index is 10.7. The lowest BCUT2D eigenvalue weighted by Crippen LogP contribution is -2.04. The number of benzene rings is 1. The van der Waals surface area contributed by atoms with Crippen molar-refractivity contribution in [3.8, 4) is 5.75 Å². The minimum Gasteiger partial charge on any atom is -0.508 e. The van der Waals surface area contributed by atoms with Gasteiger partial charge in [0.05, 0.1) is 6.42 Å². The molecular formula is C13H16O3. The van der Waals surface area contributed by atoms with Gasteiger partial charge in [0.15, 0.2) is 0 Å². The third-order valence-electron chi connectivity index (χ3n) is 2.30. The number of carbonyl (C=O) groups is 1. The van der Waals surface area contributed by atoms with Crippen LogP contribution < -0.4 is 0 Å². The number of allylic oxidation sites excluding steroid dienone is 2. The summed E-state index contributed by atoms with van der Waals surface area (Å²) in [5.74, 6) is -0.851. The van der Waals surface area contributed by atoms with Crippen LogP contribution in [-0.4, -0.2) is 16.2 Å². The largest absolute Gasteiger partial charge is 0.508 e. The van der Waals surface area contributed by atoms with Gasteiger partial charge in [-0.05, 0) is 24.1 Å². The molecule has 1 rings (SSSR count). The summed E-state index contributed by atoms with van der Waals surface area (Å²) in [4.78, 5) is 10.7. The first-order chi connectivity index (χ1) is 7.63. The fourth-order valence-corrected chi connectivity index (χ4v) is 1.54. The number of hydrogen-bond donors (Lipinski definition) is 2. The predicted octanol–water partition coefficient (Wildman–Crippen LogP) is 2.92. The molecule has 0 bridgehead atoms.